The quantitative estimate of drug-likeness (QED) is 0.802. The number of carboxylic acids is 1. The van der Waals surface area contributed by atoms with Crippen molar-refractivity contribution < 1.29 is 9.90 Å². The van der Waals surface area contributed by atoms with Crippen LogP contribution in [0.25, 0.3) is 5.65 Å². The molecule has 3 rings (SSSR count). The number of carboxylic acid groups (broad SMARTS) is 1. The summed E-state index contributed by atoms with van der Waals surface area (Å²) in [4.78, 5) is 20.3. The molecular weight excluding hydrogens is 326 g/mol. The fourth-order valence-corrected chi connectivity index (χ4v) is 3.49. The average molecular weight is 349 g/mol. The molecule has 1 fully saturated rings. The molecular formula is C16H23N5O2S. The molecule has 0 saturated heterocycles. The van der Waals surface area contributed by atoms with E-state index in [2.05, 4.69) is 34.2 Å². The van der Waals surface area contributed by atoms with Gasteiger partial charge < -0.3 is 10.4 Å². The molecule has 2 aromatic heterocycles. The molecule has 0 radical (unpaired) electrons. The average Bonchev–Trinajstić information content (AvgIpc) is 2.99. The van der Waals surface area contributed by atoms with Gasteiger partial charge in [0.2, 0.25) is 5.95 Å². The minimum Gasteiger partial charge on any atom is -0.481 e. The molecule has 2 N–H and O–H groups in total. The van der Waals surface area contributed by atoms with Gasteiger partial charge in [0.25, 0.3) is 0 Å². The highest BCUT2D eigenvalue weighted by Gasteiger charge is 2.27. The Hall–Kier alpha value is -1.83. The summed E-state index contributed by atoms with van der Waals surface area (Å²) >= 11 is 1.51. The maximum atomic E-state index is 11.1. The van der Waals surface area contributed by atoms with Crippen LogP contribution in [0, 0.1) is 5.92 Å². The first-order valence-electron chi connectivity index (χ1n) is 8.28. The van der Waals surface area contributed by atoms with E-state index in [4.69, 9.17) is 5.11 Å². The van der Waals surface area contributed by atoms with Crippen molar-refractivity contribution in [3.05, 3.63) is 11.8 Å². The lowest BCUT2D eigenvalue weighted by molar-refractivity contribution is -0.142. The van der Waals surface area contributed by atoms with E-state index in [1.165, 1.54) is 11.8 Å². The van der Waals surface area contributed by atoms with Crippen molar-refractivity contribution >= 4 is 29.3 Å². The Morgan fingerprint density at radius 3 is 2.62 bits per heavy atom. The number of hydrogen-bond acceptors (Lipinski definition) is 6. The molecule has 0 spiro atoms. The van der Waals surface area contributed by atoms with Gasteiger partial charge in [-0.1, -0.05) is 25.6 Å². The molecule has 0 aromatic carbocycles. The van der Waals surface area contributed by atoms with Crippen LogP contribution in [-0.2, 0) is 4.79 Å². The van der Waals surface area contributed by atoms with Crippen molar-refractivity contribution in [2.45, 2.75) is 56.6 Å². The number of rotatable bonds is 5. The van der Waals surface area contributed by atoms with Crippen molar-refractivity contribution in [1.82, 2.24) is 19.6 Å². The summed E-state index contributed by atoms with van der Waals surface area (Å²) in [7, 11) is 0. The summed E-state index contributed by atoms with van der Waals surface area (Å²) in [6, 6.07) is 0.222. The SMILES string of the molecule is CSc1nc(NC2CCC(C(=O)O)CC2)n2ncc(C(C)C)c2n1. The van der Waals surface area contributed by atoms with Gasteiger partial charge in [0.05, 0.1) is 12.1 Å². The summed E-state index contributed by atoms with van der Waals surface area (Å²) in [5, 5.41) is 17.7. The third-order valence-electron chi connectivity index (χ3n) is 4.59. The number of hydrogen-bond donors (Lipinski definition) is 2. The van der Waals surface area contributed by atoms with E-state index in [9.17, 15) is 4.79 Å². The van der Waals surface area contributed by atoms with Gasteiger partial charge >= 0.3 is 5.97 Å². The number of nitrogens with one attached hydrogen (secondary N) is 1. The van der Waals surface area contributed by atoms with Crippen LogP contribution in [-0.4, -0.2) is 43.0 Å². The predicted octanol–water partition coefficient (Wildman–Crippen LogP) is 3.02. The van der Waals surface area contributed by atoms with E-state index >= 15 is 0 Å². The fourth-order valence-electron chi connectivity index (χ4n) is 3.13. The van der Waals surface area contributed by atoms with Crippen LogP contribution in [0.5, 0.6) is 0 Å². The lowest BCUT2D eigenvalue weighted by Gasteiger charge is -2.27. The molecule has 2 heterocycles. The van der Waals surface area contributed by atoms with Crippen molar-refractivity contribution in [2.24, 2.45) is 5.92 Å². The smallest absolute Gasteiger partial charge is 0.306 e. The highest BCUT2D eigenvalue weighted by Crippen LogP contribution is 2.28. The van der Waals surface area contributed by atoms with Crippen LogP contribution in [0.4, 0.5) is 5.95 Å². The summed E-state index contributed by atoms with van der Waals surface area (Å²) in [5.41, 5.74) is 1.94. The number of aliphatic carboxylic acids is 1. The molecule has 0 atom stereocenters. The topological polar surface area (TPSA) is 92.4 Å². The number of aromatic nitrogens is 4. The van der Waals surface area contributed by atoms with Crippen LogP contribution >= 0.6 is 11.8 Å². The predicted molar refractivity (Wildman–Crippen MR) is 93.7 cm³/mol. The van der Waals surface area contributed by atoms with Gasteiger partial charge in [-0.25, -0.2) is 4.98 Å². The van der Waals surface area contributed by atoms with Crippen LogP contribution in [0.1, 0.15) is 51.0 Å². The second-order valence-electron chi connectivity index (χ2n) is 6.56. The lowest BCUT2D eigenvalue weighted by atomic mass is 9.86. The van der Waals surface area contributed by atoms with Gasteiger partial charge in [0.1, 0.15) is 0 Å². The Balaban J connectivity index is 1.85. The van der Waals surface area contributed by atoms with Gasteiger partial charge in [-0.3, -0.25) is 4.79 Å². The number of anilines is 1. The highest BCUT2D eigenvalue weighted by atomic mass is 32.2. The molecule has 0 unspecified atom stereocenters. The molecule has 8 heteroatoms. The molecule has 7 nitrogen and oxygen atoms in total. The zero-order valence-electron chi connectivity index (χ0n) is 14.2. The highest BCUT2D eigenvalue weighted by molar-refractivity contribution is 7.98. The first-order valence-corrected chi connectivity index (χ1v) is 9.51. The zero-order chi connectivity index (χ0) is 17.3. The van der Waals surface area contributed by atoms with Crippen molar-refractivity contribution in [1.29, 1.82) is 0 Å². The van der Waals surface area contributed by atoms with Crippen molar-refractivity contribution in [3.8, 4) is 0 Å². The third-order valence-corrected chi connectivity index (χ3v) is 5.14. The van der Waals surface area contributed by atoms with Crippen LogP contribution in [0.15, 0.2) is 11.4 Å². The zero-order valence-corrected chi connectivity index (χ0v) is 15.0. The summed E-state index contributed by atoms with van der Waals surface area (Å²) in [5.74, 6) is 0.129. The lowest BCUT2D eigenvalue weighted by Crippen LogP contribution is -2.30. The van der Waals surface area contributed by atoms with Gasteiger partial charge in [0.15, 0.2) is 10.8 Å². The van der Waals surface area contributed by atoms with E-state index in [1.807, 2.05) is 12.5 Å². The van der Waals surface area contributed by atoms with E-state index in [-0.39, 0.29) is 12.0 Å². The maximum Gasteiger partial charge on any atom is 0.306 e. The van der Waals surface area contributed by atoms with Gasteiger partial charge in [0, 0.05) is 11.6 Å². The Morgan fingerprint density at radius 2 is 2.04 bits per heavy atom. The third kappa shape index (κ3) is 3.33. The minimum atomic E-state index is -0.684. The van der Waals surface area contributed by atoms with Gasteiger partial charge in [-0.2, -0.15) is 14.6 Å². The largest absolute Gasteiger partial charge is 0.481 e. The molecule has 0 amide bonds. The van der Waals surface area contributed by atoms with E-state index in [1.54, 1.807) is 4.52 Å². The molecule has 130 valence electrons. The second-order valence-corrected chi connectivity index (χ2v) is 7.33. The Morgan fingerprint density at radius 1 is 1.33 bits per heavy atom. The first kappa shape index (κ1) is 17.0. The maximum absolute atomic E-state index is 11.1. The first-order chi connectivity index (χ1) is 11.5. The van der Waals surface area contributed by atoms with Crippen molar-refractivity contribution in [2.75, 3.05) is 11.6 Å². The molecule has 2 aromatic rings. The second kappa shape index (κ2) is 6.96. The number of nitrogens with zero attached hydrogens (tertiary/aromatic N) is 4. The molecule has 1 saturated carbocycles. The van der Waals surface area contributed by atoms with E-state index in [0.29, 0.717) is 29.9 Å². The molecule has 0 aliphatic heterocycles. The number of fused-ring (bicyclic) bond motifs is 1. The van der Waals surface area contributed by atoms with Crippen molar-refractivity contribution in [3.63, 3.8) is 0 Å². The van der Waals surface area contributed by atoms with Crippen LogP contribution < -0.4 is 5.32 Å². The van der Waals surface area contributed by atoms with E-state index < -0.39 is 5.97 Å². The Labute approximate surface area is 145 Å². The Bertz CT molecular complexity index is 737. The number of thioether (sulfide) groups is 1. The molecule has 0 bridgehead atoms. The minimum absolute atomic E-state index is 0.215. The van der Waals surface area contributed by atoms with Gasteiger partial charge in [-0.15, -0.1) is 0 Å². The summed E-state index contributed by atoms with van der Waals surface area (Å²) in [6.07, 6.45) is 6.87. The molecule has 1 aliphatic carbocycles. The summed E-state index contributed by atoms with van der Waals surface area (Å²) < 4.78 is 1.76. The molecule has 1 aliphatic rings. The van der Waals surface area contributed by atoms with Crippen LogP contribution in [0.3, 0.4) is 0 Å². The standard InChI is InChI=1S/C16H23N5O2S/c1-9(2)12-8-17-21-13(12)19-16(24-3)20-15(21)18-11-6-4-10(5-7-11)14(22)23/h8-11H,4-7H2,1-3H3,(H,22,23)(H,18,19,20). The normalized spacial score (nSPS) is 21.3. The number of carbonyl (C=O) groups is 1. The van der Waals surface area contributed by atoms with E-state index in [0.717, 1.165) is 24.1 Å². The molecule has 24 heavy (non-hydrogen) atoms. The van der Waals surface area contributed by atoms with Gasteiger partial charge in [-0.05, 0) is 37.9 Å². The fraction of sp³-hybridized carbons (Fsp3) is 0.625. The Kier molecular flexibility index (Phi) is 4.93. The summed E-state index contributed by atoms with van der Waals surface area (Å²) in [6.45, 7) is 4.25. The van der Waals surface area contributed by atoms with Crippen LogP contribution in [0.2, 0.25) is 0 Å². The monoisotopic (exact) mass is 349 g/mol.